The number of nitrogens with zero attached hydrogens (tertiary/aromatic N) is 3. The Morgan fingerprint density at radius 2 is 1.93 bits per heavy atom. The third-order valence-corrected chi connectivity index (χ3v) is 5.18. The number of benzene rings is 2. The summed E-state index contributed by atoms with van der Waals surface area (Å²) >= 11 is 0. The fraction of sp³-hybridized carbons (Fsp3) is 0.348. The van der Waals surface area contributed by atoms with Crippen LogP contribution in [-0.2, 0) is 11.2 Å². The van der Waals surface area contributed by atoms with E-state index in [-0.39, 0.29) is 18.6 Å². The summed E-state index contributed by atoms with van der Waals surface area (Å²) in [6.07, 6.45) is 6.13. The molecule has 4 rings (SSSR count). The van der Waals surface area contributed by atoms with Gasteiger partial charge >= 0.3 is 6.01 Å². The van der Waals surface area contributed by atoms with Gasteiger partial charge < -0.3 is 14.4 Å². The molecule has 2 heterocycles. The van der Waals surface area contributed by atoms with Gasteiger partial charge in [-0.25, -0.2) is 9.97 Å². The molecule has 0 bridgehead atoms. The summed E-state index contributed by atoms with van der Waals surface area (Å²) in [6, 6.07) is 14.3. The van der Waals surface area contributed by atoms with Crippen LogP contribution in [0.3, 0.4) is 0 Å². The number of ether oxygens (including phenoxy) is 2. The molecule has 1 atom stereocenters. The topological polar surface area (TPSA) is 64.5 Å². The Kier molecular flexibility index (Phi) is 5.89. The van der Waals surface area contributed by atoms with E-state index in [1.165, 1.54) is 0 Å². The van der Waals surface area contributed by atoms with Crippen LogP contribution >= 0.6 is 0 Å². The van der Waals surface area contributed by atoms with E-state index in [2.05, 4.69) is 23.0 Å². The van der Waals surface area contributed by atoms with Gasteiger partial charge in [-0.3, -0.25) is 4.79 Å². The number of hydrogen-bond acceptors (Lipinski definition) is 5. The lowest BCUT2D eigenvalue weighted by Crippen LogP contribution is -2.46. The predicted molar refractivity (Wildman–Crippen MR) is 111 cm³/mol. The van der Waals surface area contributed by atoms with E-state index in [9.17, 15) is 4.79 Å². The zero-order valence-corrected chi connectivity index (χ0v) is 16.6. The zero-order valence-electron chi connectivity index (χ0n) is 16.6. The maximum absolute atomic E-state index is 12.6. The Morgan fingerprint density at radius 1 is 1.14 bits per heavy atom. The Hall–Kier alpha value is -3.15. The summed E-state index contributed by atoms with van der Waals surface area (Å²) in [5.74, 6) is 0.667. The predicted octanol–water partition coefficient (Wildman–Crippen LogP) is 3.64. The molecule has 0 radical (unpaired) electrons. The van der Waals surface area contributed by atoms with Gasteiger partial charge in [-0.1, -0.05) is 37.3 Å². The third-order valence-electron chi connectivity index (χ3n) is 5.18. The summed E-state index contributed by atoms with van der Waals surface area (Å²) < 4.78 is 11.6. The van der Waals surface area contributed by atoms with E-state index in [1.54, 1.807) is 17.3 Å². The smallest absolute Gasteiger partial charge is 0.316 e. The zero-order chi connectivity index (χ0) is 20.1. The number of amides is 1. The van der Waals surface area contributed by atoms with Crippen LogP contribution < -0.4 is 9.47 Å². The second-order valence-electron chi connectivity index (χ2n) is 7.25. The molecule has 6 heteroatoms. The SMILES string of the molecule is CCc1cnc(OC2CCCN(C(=O)COc3ccc4ccccc4c3)C2)nc1. The number of carbonyl (C=O) groups is 1. The van der Waals surface area contributed by atoms with E-state index in [0.29, 0.717) is 18.3 Å². The van der Waals surface area contributed by atoms with Gasteiger partial charge in [0.15, 0.2) is 6.61 Å². The van der Waals surface area contributed by atoms with Gasteiger partial charge in [0.05, 0.1) is 6.54 Å². The molecule has 1 amide bonds. The average Bonchev–Trinajstić information content (AvgIpc) is 2.78. The van der Waals surface area contributed by atoms with Crippen molar-refractivity contribution in [3.05, 3.63) is 60.4 Å². The van der Waals surface area contributed by atoms with E-state index in [1.807, 2.05) is 36.4 Å². The highest BCUT2D eigenvalue weighted by molar-refractivity contribution is 5.84. The van der Waals surface area contributed by atoms with Crippen LogP contribution in [0.4, 0.5) is 0 Å². The van der Waals surface area contributed by atoms with Crippen LogP contribution in [0.1, 0.15) is 25.3 Å². The van der Waals surface area contributed by atoms with Crippen molar-refractivity contribution in [2.24, 2.45) is 0 Å². The highest BCUT2D eigenvalue weighted by Crippen LogP contribution is 2.21. The van der Waals surface area contributed by atoms with Crippen LogP contribution in [0.5, 0.6) is 11.8 Å². The van der Waals surface area contributed by atoms with Crippen LogP contribution in [0.2, 0.25) is 0 Å². The van der Waals surface area contributed by atoms with Crippen molar-refractivity contribution in [1.29, 1.82) is 0 Å². The summed E-state index contributed by atoms with van der Waals surface area (Å²) in [4.78, 5) is 22.9. The van der Waals surface area contributed by atoms with Gasteiger partial charge in [0, 0.05) is 18.9 Å². The van der Waals surface area contributed by atoms with Gasteiger partial charge in [-0.2, -0.15) is 0 Å². The molecule has 0 spiro atoms. The number of carbonyl (C=O) groups excluding carboxylic acids is 1. The van der Waals surface area contributed by atoms with E-state index >= 15 is 0 Å². The van der Waals surface area contributed by atoms with Crippen LogP contribution in [0.15, 0.2) is 54.9 Å². The monoisotopic (exact) mass is 391 g/mol. The Balaban J connectivity index is 1.31. The van der Waals surface area contributed by atoms with Gasteiger partial charge in [0.25, 0.3) is 5.91 Å². The van der Waals surface area contributed by atoms with Gasteiger partial charge in [-0.15, -0.1) is 0 Å². The van der Waals surface area contributed by atoms with E-state index in [0.717, 1.165) is 42.1 Å². The molecule has 1 aliphatic heterocycles. The molecule has 0 saturated carbocycles. The number of rotatable bonds is 6. The van der Waals surface area contributed by atoms with Crippen molar-refractivity contribution < 1.29 is 14.3 Å². The molecule has 2 aromatic carbocycles. The molecule has 1 fully saturated rings. The molecule has 1 aliphatic rings. The highest BCUT2D eigenvalue weighted by Gasteiger charge is 2.25. The molecule has 1 aromatic heterocycles. The van der Waals surface area contributed by atoms with Crippen molar-refractivity contribution in [3.63, 3.8) is 0 Å². The summed E-state index contributed by atoms with van der Waals surface area (Å²) in [7, 11) is 0. The lowest BCUT2D eigenvalue weighted by molar-refractivity contribution is -0.136. The average molecular weight is 391 g/mol. The summed E-state index contributed by atoms with van der Waals surface area (Å²) in [6.45, 7) is 3.32. The number of aryl methyl sites for hydroxylation is 1. The van der Waals surface area contributed by atoms with Crippen molar-refractivity contribution in [3.8, 4) is 11.8 Å². The molecule has 6 nitrogen and oxygen atoms in total. The minimum Gasteiger partial charge on any atom is -0.484 e. The Labute approximate surface area is 170 Å². The number of piperidine rings is 1. The lowest BCUT2D eigenvalue weighted by atomic mass is 10.1. The number of aromatic nitrogens is 2. The van der Waals surface area contributed by atoms with Crippen molar-refractivity contribution in [1.82, 2.24) is 14.9 Å². The first kappa shape index (κ1) is 19.2. The van der Waals surface area contributed by atoms with Gasteiger partial charge in [0.1, 0.15) is 11.9 Å². The fourth-order valence-corrected chi connectivity index (χ4v) is 3.49. The van der Waals surface area contributed by atoms with Gasteiger partial charge in [0.2, 0.25) is 0 Å². The highest BCUT2D eigenvalue weighted by atomic mass is 16.5. The number of hydrogen-bond donors (Lipinski definition) is 0. The maximum atomic E-state index is 12.6. The molecule has 150 valence electrons. The molecule has 29 heavy (non-hydrogen) atoms. The summed E-state index contributed by atoms with van der Waals surface area (Å²) in [5, 5.41) is 2.24. The minimum absolute atomic E-state index is 0.0206. The maximum Gasteiger partial charge on any atom is 0.316 e. The van der Waals surface area contributed by atoms with E-state index < -0.39 is 0 Å². The van der Waals surface area contributed by atoms with Crippen LogP contribution in [0.25, 0.3) is 10.8 Å². The number of fused-ring (bicyclic) bond motifs is 1. The molecular formula is C23H25N3O3. The largest absolute Gasteiger partial charge is 0.484 e. The second kappa shape index (κ2) is 8.90. The number of likely N-dealkylation sites (tertiary alicyclic amines) is 1. The van der Waals surface area contributed by atoms with Crippen molar-refractivity contribution in [2.75, 3.05) is 19.7 Å². The van der Waals surface area contributed by atoms with Crippen LogP contribution in [-0.4, -0.2) is 46.6 Å². The first-order valence-electron chi connectivity index (χ1n) is 10.1. The lowest BCUT2D eigenvalue weighted by Gasteiger charge is -2.32. The quantitative estimate of drug-likeness (QED) is 0.642. The van der Waals surface area contributed by atoms with Crippen molar-refractivity contribution >= 4 is 16.7 Å². The normalized spacial score (nSPS) is 16.6. The molecule has 3 aromatic rings. The molecule has 0 N–H and O–H groups in total. The first-order chi connectivity index (χ1) is 14.2. The first-order valence-corrected chi connectivity index (χ1v) is 10.1. The minimum atomic E-state index is -0.0964. The molecule has 1 saturated heterocycles. The van der Waals surface area contributed by atoms with E-state index in [4.69, 9.17) is 9.47 Å². The molecular weight excluding hydrogens is 366 g/mol. The Bertz CT molecular complexity index is 975. The van der Waals surface area contributed by atoms with Gasteiger partial charge in [-0.05, 0) is 47.7 Å². The third kappa shape index (κ3) is 4.83. The van der Waals surface area contributed by atoms with Crippen molar-refractivity contribution in [2.45, 2.75) is 32.3 Å². The Morgan fingerprint density at radius 3 is 2.72 bits per heavy atom. The fourth-order valence-electron chi connectivity index (χ4n) is 3.49. The standard InChI is InChI=1S/C23H25N3O3/c1-2-17-13-24-23(25-14-17)29-21-8-5-11-26(15-21)22(27)16-28-20-10-9-18-6-3-4-7-19(18)12-20/h3-4,6-7,9-10,12-14,21H,2,5,8,11,15-16H2,1H3. The van der Waals surface area contributed by atoms with Crippen LogP contribution in [0, 0.1) is 0 Å². The second-order valence-corrected chi connectivity index (χ2v) is 7.25. The molecule has 1 unspecified atom stereocenters. The molecule has 0 aliphatic carbocycles. The summed E-state index contributed by atoms with van der Waals surface area (Å²) in [5.41, 5.74) is 1.07.